The molecule has 2 unspecified atom stereocenters. The van der Waals surface area contributed by atoms with Crippen LogP contribution in [-0.4, -0.2) is 46.7 Å². The van der Waals surface area contributed by atoms with Crippen LogP contribution < -0.4 is 5.69 Å². The number of hydrogen-bond donors (Lipinski definition) is 1. The number of aromatic amines is 1. The Morgan fingerprint density at radius 3 is 2.55 bits per heavy atom. The first-order valence-corrected chi connectivity index (χ1v) is 10.9. The van der Waals surface area contributed by atoms with Gasteiger partial charge in [-0.25, -0.2) is 9.18 Å². The first kappa shape index (κ1) is 20.0. The van der Waals surface area contributed by atoms with Crippen LogP contribution in [0.15, 0.2) is 53.3 Å². The highest BCUT2D eigenvalue weighted by molar-refractivity contribution is 5.75. The average Bonchev–Trinajstić information content (AvgIpc) is 3.29. The molecule has 2 saturated heterocycles. The molecule has 5 rings (SSSR count). The summed E-state index contributed by atoms with van der Waals surface area (Å²) in [5, 5.41) is 0. The summed E-state index contributed by atoms with van der Waals surface area (Å²) < 4.78 is 20.4. The summed E-state index contributed by atoms with van der Waals surface area (Å²) in [5.74, 6) is -0.456. The van der Waals surface area contributed by atoms with Crippen molar-refractivity contribution in [1.82, 2.24) is 14.5 Å². The second-order valence-electron chi connectivity index (χ2n) is 8.68. The first-order valence-electron chi connectivity index (χ1n) is 10.9. The van der Waals surface area contributed by atoms with E-state index in [4.69, 9.17) is 4.74 Å². The van der Waals surface area contributed by atoms with Gasteiger partial charge in [0.25, 0.3) is 0 Å². The monoisotopic (exact) mass is 423 g/mol. The molecule has 7 heteroatoms. The molecule has 0 spiro atoms. The van der Waals surface area contributed by atoms with Crippen molar-refractivity contribution in [2.45, 2.75) is 25.3 Å². The second kappa shape index (κ2) is 8.30. The minimum atomic E-state index is -0.253. The number of hydrogen-bond acceptors (Lipinski definition) is 4. The zero-order valence-electron chi connectivity index (χ0n) is 17.3. The molecular formula is C24H26FN3O3. The third-order valence-corrected chi connectivity index (χ3v) is 6.72. The van der Waals surface area contributed by atoms with E-state index in [-0.39, 0.29) is 35.4 Å². The van der Waals surface area contributed by atoms with Crippen molar-refractivity contribution < 1.29 is 13.9 Å². The standard InChI is InChI=1S/C24H26FN3O3/c25-18-7-5-16(6-8-18)13-17-15-31-23(29)20(17)14-27-11-9-19(10-12-27)28-22-4-2-1-3-21(22)26-24(28)30/h1-8,17,19-20H,9-15H2,(H,26,30). The molecule has 2 aliphatic rings. The van der Waals surface area contributed by atoms with E-state index in [0.29, 0.717) is 19.6 Å². The van der Waals surface area contributed by atoms with Crippen LogP contribution in [0.1, 0.15) is 24.4 Å². The lowest BCUT2D eigenvalue weighted by atomic mass is 9.88. The Hall–Kier alpha value is -2.93. The Morgan fingerprint density at radius 2 is 1.77 bits per heavy atom. The maximum absolute atomic E-state index is 13.2. The lowest BCUT2D eigenvalue weighted by molar-refractivity contribution is -0.141. The number of esters is 1. The molecule has 162 valence electrons. The van der Waals surface area contributed by atoms with Gasteiger partial charge in [0.15, 0.2) is 0 Å². The molecule has 0 bridgehead atoms. The van der Waals surface area contributed by atoms with E-state index in [1.807, 2.05) is 28.8 Å². The molecule has 1 aromatic heterocycles. The molecule has 1 N–H and O–H groups in total. The van der Waals surface area contributed by atoms with Gasteiger partial charge in [-0.2, -0.15) is 0 Å². The number of carbonyl (C=O) groups is 1. The number of H-pyrrole nitrogens is 1. The number of nitrogens with zero attached hydrogens (tertiary/aromatic N) is 2. The fourth-order valence-corrected chi connectivity index (χ4v) is 5.03. The highest BCUT2D eigenvalue weighted by atomic mass is 19.1. The van der Waals surface area contributed by atoms with E-state index < -0.39 is 0 Å². The molecule has 3 aromatic rings. The number of benzene rings is 2. The topological polar surface area (TPSA) is 67.3 Å². The predicted octanol–water partition coefficient (Wildman–Crippen LogP) is 3.14. The minimum Gasteiger partial charge on any atom is -0.465 e. The number of aromatic nitrogens is 2. The summed E-state index contributed by atoms with van der Waals surface area (Å²) in [6, 6.07) is 14.4. The Morgan fingerprint density at radius 1 is 1.03 bits per heavy atom. The Kier molecular flexibility index (Phi) is 5.36. The van der Waals surface area contributed by atoms with Gasteiger partial charge in [0.1, 0.15) is 5.82 Å². The van der Waals surface area contributed by atoms with Crippen molar-refractivity contribution in [3.05, 3.63) is 70.4 Å². The molecule has 3 heterocycles. The van der Waals surface area contributed by atoms with Crippen LogP contribution in [-0.2, 0) is 16.0 Å². The highest BCUT2D eigenvalue weighted by Crippen LogP contribution is 2.30. The smallest absolute Gasteiger partial charge is 0.326 e. The highest BCUT2D eigenvalue weighted by Gasteiger charge is 2.38. The van der Waals surface area contributed by atoms with Crippen LogP contribution in [0.5, 0.6) is 0 Å². The number of rotatable bonds is 5. The fourth-order valence-electron chi connectivity index (χ4n) is 5.03. The van der Waals surface area contributed by atoms with Gasteiger partial charge in [-0.1, -0.05) is 24.3 Å². The van der Waals surface area contributed by atoms with Crippen LogP contribution in [0.25, 0.3) is 11.0 Å². The zero-order chi connectivity index (χ0) is 21.4. The number of piperidine rings is 1. The van der Waals surface area contributed by atoms with Crippen LogP contribution in [0.2, 0.25) is 0 Å². The third-order valence-electron chi connectivity index (χ3n) is 6.72. The summed E-state index contributed by atoms with van der Waals surface area (Å²) >= 11 is 0. The van der Waals surface area contributed by atoms with Gasteiger partial charge in [0.05, 0.1) is 23.6 Å². The maximum Gasteiger partial charge on any atom is 0.326 e. The van der Waals surface area contributed by atoms with Gasteiger partial charge >= 0.3 is 11.7 Å². The third kappa shape index (κ3) is 4.02. The van der Waals surface area contributed by atoms with Crippen LogP contribution in [0.3, 0.4) is 0 Å². The molecule has 0 saturated carbocycles. The zero-order valence-corrected chi connectivity index (χ0v) is 17.3. The normalized spacial score (nSPS) is 22.8. The van der Waals surface area contributed by atoms with Crippen molar-refractivity contribution in [3.63, 3.8) is 0 Å². The van der Waals surface area contributed by atoms with Crippen LogP contribution >= 0.6 is 0 Å². The SMILES string of the molecule is O=C1OCC(Cc2ccc(F)cc2)C1CN1CCC(n2c(=O)[nH]c3ccccc32)CC1. The number of para-hydroxylation sites is 2. The number of carbonyl (C=O) groups excluding carboxylic acids is 1. The van der Waals surface area contributed by atoms with Crippen molar-refractivity contribution in [3.8, 4) is 0 Å². The number of halogens is 1. The van der Waals surface area contributed by atoms with Gasteiger partial charge in [0.2, 0.25) is 0 Å². The average molecular weight is 423 g/mol. The maximum atomic E-state index is 13.2. The Labute approximate surface area is 179 Å². The van der Waals surface area contributed by atoms with E-state index in [1.54, 1.807) is 12.1 Å². The number of imidazole rings is 1. The molecule has 2 fully saturated rings. The van der Waals surface area contributed by atoms with Crippen LogP contribution in [0.4, 0.5) is 4.39 Å². The van der Waals surface area contributed by atoms with Gasteiger partial charge in [0, 0.05) is 31.6 Å². The Bertz CT molecular complexity index is 1130. The van der Waals surface area contributed by atoms with Crippen molar-refractivity contribution >= 4 is 17.0 Å². The lowest BCUT2D eigenvalue weighted by Gasteiger charge is -2.34. The molecule has 6 nitrogen and oxygen atoms in total. The van der Waals surface area contributed by atoms with Crippen molar-refractivity contribution in [1.29, 1.82) is 0 Å². The number of ether oxygens (including phenoxy) is 1. The molecule has 31 heavy (non-hydrogen) atoms. The van der Waals surface area contributed by atoms with E-state index in [9.17, 15) is 14.0 Å². The summed E-state index contributed by atoms with van der Waals surface area (Å²) in [7, 11) is 0. The number of cyclic esters (lactones) is 1. The molecule has 0 amide bonds. The van der Waals surface area contributed by atoms with Gasteiger partial charge in [-0.3, -0.25) is 9.36 Å². The van der Waals surface area contributed by atoms with E-state index in [2.05, 4.69) is 9.88 Å². The largest absolute Gasteiger partial charge is 0.465 e. The fraction of sp³-hybridized carbons (Fsp3) is 0.417. The van der Waals surface area contributed by atoms with E-state index in [0.717, 1.165) is 42.5 Å². The van der Waals surface area contributed by atoms with Crippen molar-refractivity contribution in [2.75, 3.05) is 26.2 Å². The molecule has 0 aliphatic carbocycles. The second-order valence-corrected chi connectivity index (χ2v) is 8.68. The van der Waals surface area contributed by atoms with E-state index in [1.165, 1.54) is 12.1 Å². The van der Waals surface area contributed by atoms with Gasteiger partial charge in [-0.15, -0.1) is 0 Å². The van der Waals surface area contributed by atoms with Gasteiger partial charge in [-0.05, 0) is 49.1 Å². The molecule has 2 atom stereocenters. The molecule has 2 aliphatic heterocycles. The van der Waals surface area contributed by atoms with Gasteiger partial charge < -0.3 is 14.6 Å². The predicted molar refractivity (Wildman–Crippen MR) is 115 cm³/mol. The summed E-state index contributed by atoms with van der Waals surface area (Å²) in [5.41, 5.74) is 2.78. The number of nitrogens with one attached hydrogen (secondary N) is 1. The number of fused-ring (bicyclic) bond motifs is 1. The van der Waals surface area contributed by atoms with Crippen molar-refractivity contribution in [2.24, 2.45) is 11.8 Å². The molecule has 2 aromatic carbocycles. The summed E-state index contributed by atoms with van der Waals surface area (Å²) in [4.78, 5) is 30.1. The summed E-state index contributed by atoms with van der Waals surface area (Å²) in [6.07, 6.45) is 2.44. The molecular weight excluding hydrogens is 397 g/mol. The molecule has 0 radical (unpaired) electrons. The lowest BCUT2D eigenvalue weighted by Crippen LogP contribution is -2.41. The minimum absolute atomic E-state index is 0.0571. The number of likely N-dealkylation sites (tertiary alicyclic amines) is 1. The Balaban J connectivity index is 1.23. The first-order chi connectivity index (χ1) is 15.1. The summed E-state index contributed by atoms with van der Waals surface area (Å²) in [6.45, 7) is 2.76. The quantitative estimate of drug-likeness (QED) is 0.641. The van der Waals surface area contributed by atoms with Crippen LogP contribution in [0, 0.1) is 17.7 Å². The van der Waals surface area contributed by atoms with E-state index >= 15 is 0 Å².